The fourth-order valence-electron chi connectivity index (χ4n) is 2.88. The highest BCUT2D eigenvalue weighted by molar-refractivity contribution is 5.94. The molecule has 1 aliphatic rings. The van der Waals surface area contributed by atoms with Crippen LogP contribution < -0.4 is 0 Å². The second-order valence-electron chi connectivity index (χ2n) is 6.56. The summed E-state index contributed by atoms with van der Waals surface area (Å²) in [6.45, 7) is 2.63. The second-order valence-corrected chi connectivity index (χ2v) is 6.56. The monoisotopic (exact) mass is 348 g/mol. The van der Waals surface area contributed by atoms with Crippen LogP contribution in [0.5, 0.6) is 0 Å². The van der Waals surface area contributed by atoms with Gasteiger partial charge in [0, 0.05) is 18.3 Å². The van der Waals surface area contributed by atoms with Crippen LogP contribution in [-0.2, 0) is 13.1 Å². The number of furan rings is 1. The Balaban J connectivity index is 1.60. The summed E-state index contributed by atoms with van der Waals surface area (Å²) in [6.07, 6.45) is 7.27. The van der Waals surface area contributed by atoms with Crippen molar-refractivity contribution in [3.63, 3.8) is 0 Å². The molecule has 3 aromatic rings. The summed E-state index contributed by atoms with van der Waals surface area (Å²) in [5.74, 6) is 1.92. The number of carbonyl (C=O) groups is 1. The highest BCUT2D eigenvalue weighted by atomic mass is 16.3. The van der Waals surface area contributed by atoms with Gasteiger partial charge in [-0.2, -0.15) is 0 Å². The molecule has 132 valence electrons. The summed E-state index contributed by atoms with van der Waals surface area (Å²) in [5.41, 5.74) is 2.06. The molecule has 1 amide bonds. The zero-order chi connectivity index (χ0) is 17.9. The molecule has 3 aromatic heterocycles. The van der Waals surface area contributed by atoms with E-state index in [1.807, 2.05) is 37.3 Å². The minimum Gasteiger partial charge on any atom is -0.467 e. The molecule has 1 fully saturated rings. The van der Waals surface area contributed by atoms with Crippen molar-refractivity contribution >= 4 is 5.91 Å². The Labute approximate surface area is 151 Å². The molecule has 0 unspecified atom stereocenters. The maximum absolute atomic E-state index is 13.2. The molecule has 26 heavy (non-hydrogen) atoms. The van der Waals surface area contributed by atoms with Crippen LogP contribution in [0.25, 0.3) is 0 Å². The van der Waals surface area contributed by atoms with Gasteiger partial charge in [-0.1, -0.05) is 6.07 Å². The number of aryl methyl sites for hydroxylation is 1. The zero-order valence-electron chi connectivity index (χ0n) is 14.6. The molecule has 6 heteroatoms. The van der Waals surface area contributed by atoms with Crippen molar-refractivity contribution < 1.29 is 9.21 Å². The standard InChI is InChI=1S/C20H20N4O2/c1-14-18(11-22-19(23-14)15-7-8-15)20(25)24(13-17-6-4-10-26-17)12-16-5-2-3-9-21-16/h2-6,9-11,15H,7-8,12-13H2,1H3. The molecular weight excluding hydrogens is 328 g/mol. The summed E-state index contributed by atoms with van der Waals surface area (Å²) < 4.78 is 5.43. The van der Waals surface area contributed by atoms with Crippen molar-refractivity contribution in [2.45, 2.75) is 38.8 Å². The molecular formula is C20H20N4O2. The molecule has 6 nitrogen and oxygen atoms in total. The first-order valence-electron chi connectivity index (χ1n) is 8.76. The van der Waals surface area contributed by atoms with Crippen molar-refractivity contribution in [2.24, 2.45) is 0 Å². The largest absolute Gasteiger partial charge is 0.467 e. The van der Waals surface area contributed by atoms with Gasteiger partial charge in [-0.05, 0) is 44.0 Å². The highest BCUT2D eigenvalue weighted by Gasteiger charge is 2.28. The quantitative estimate of drug-likeness (QED) is 0.682. The van der Waals surface area contributed by atoms with E-state index in [-0.39, 0.29) is 5.91 Å². The van der Waals surface area contributed by atoms with Gasteiger partial charge >= 0.3 is 0 Å². The SMILES string of the molecule is Cc1nc(C2CC2)ncc1C(=O)N(Cc1ccccn1)Cc1ccco1. The van der Waals surface area contributed by atoms with Crippen LogP contribution in [0.2, 0.25) is 0 Å². The van der Waals surface area contributed by atoms with E-state index < -0.39 is 0 Å². The number of pyridine rings is 1. The Kier molecular flexibility index (Phi) is 4.48. The van der Waals surface area contributed by atoms with Crippen molar-refractivity contribution in [3.05, 3.63) is 77.5 Å². The zero-order valence-corrected chi connectivity index (χ0v) is 14.6. The lowest BCUT2D eigenvalue weighted by Crippen LogP contribution is -2.31. The minimum atomic E-state index is -0.119. The van der Waals surface area contributed by atoms with E-state index in [9.17, 15) is 4.79 Å². The predicted molar refractivity (Wildman–Crippen MR) is 95.3 cm³/mol. The normalized spacial score (nSPS) is 13.6. The molecule has 0 aromatic carbocycles. The molecule has 0 N–H and O–H groups in total. The van der Waals surface area contributed by atoms with Gasteiger partial charge in [0.15, 0.2) is 0 Å². The van der Waals surface area contributed by atoms with Crippen molar-refractivity contribution in [1.29, 1.82) is 0 Å². The predicted octanol–water partition coefficient (Wildman–Crippen LogP) is 3.49. The molecule has 4 rings (SSSR count). The van der Waals surface area contributed by atoms with E-state index in [1.165, 1.54) is 0 Å². The number of rotatable bonds is 6. The van der Waals surface area contributed by atoms with Crippen LogP contribution in [0.1, 0.15) is 52.1 Å². The average Bonchev–Trinajstić information content (AvgIpc) is 3.39. The van der Waals surface area contributed by atoms with Gasteiger partial charge in [0.05, 0.1) is 36.3 Å². The number of aromatic nitrogens is 3. The van der Waals surface area contributed by atoms with Crippen LogP contribution in [0.15, 0.2) is 53.4 Å². The van der Waals surface area contributed by atoms with Gasteiger partial charge in [0.1, 0.15) is 11.6 Å². The van der Waals surface area contributed by atoms with E-state index in [1.54, 1.807) is 23.6 Å². The number of hydrogen-bond donors (Lipinski definition) is 0. The van der Waals surface area contributed by atoms with Crippen LogP contribution in [-0.4, -0.2) is 25.8 Å². The maximum Gasteiger partial charge on any atom is 0.258 e. The first kappa shape index (κ1) is 16.4. The Bertz CT molecular complexity index is 889. The molecule has 0 spiro atoms. The molecule has 0 aliphatic heterocycles. The fourth-order valence-corrected chi connectivity index (χ4v) is 2.88. The highest BCUT2D eigenvalue weighted by Crippen LogP contribution is 2.38. The Hall–Kier alpha value is -3.02. The van der Waals surface area contributed by atoms with E-state index in [2.05, 4.69) is 15.0 Å². The topological polar surface area (TPSA) is 72.1 Å². The third-order valence-electron chi connectivity index (χ3n) is 4.46. The van der Waals surface area contributed by atoms with Crippen molar-refractivity contribution in [2.75, 3.05) is 0 Å². The Morgan fingerprint density at radius 1 is 1.19 bits per heavy atom. The van der Waals surface area contributed by atoms with E-state index in [0.29, 0.717) is 24.6 Å². The summed E-state index contributed by atoms with van der Waals surface area (Å²) in [5, 5.41) is 0. The van der Waals surface area contributed by atoms with Crippen LogP contribution in [0.3, 0.4) is 0 Å². The van der Waals surface area contributed by atoms with Gasteiger partial charge in [-0.15, -0.1) is 0 Å². The smallest absolute Gasteiger partial charge is 0.258 e. The van der Waals surface area contributed by atoms with Gasteiger partial charge in [-0.3, -0.25) is 9.78 Å². The van der Waals surface area contributed by atoms with Crippen molar-refractivity contribution in [1.82, 2.24) is 19.9 Å². The molecule has 0 radical (unpaired) electrons. The van der Waals surface area contributed by atoms with Crippen LogP contribution in [0, 0.1) is 6.92 Å². The molecule has 1 saturated carbocycles. The number of nitrogens with zero attached hydrogens (tertiary/aromatic N) is 4. The van der Waals surface area contributed by atoms with Gasteiger partial charge in [0.25, 0.3) is 5.91 Å². The summed E-state index contributed by atoms with van der Waals surface area (Å²) in [7, 11) is 0. The van der Waals surface area contributed by atoms with E-state index >= 15 is 0 Å². The van der Waals surface area contributed by atoms with E-state index in [4.69, 9.17) is 4.42 Å². The Morgan fingerprint density at radius 2 is 2.08 bits per heavy atom. The van der Waals surface area contributed by atoms with Gasteiger partial charge in [-0.25, -0.2) is 9.97 Å². The van der Waals surface area contributed by atoms with Crippen LogP contribution in [0.4, 0.5) is 0 Å². The molecule has 0 atom stereocenters. The van der Waals surface area contributed by atoms with Gasteiger partial charge in [0.2, 0.25) is 0 Å². The third-order valence-corrected chi connectivity index (χ3v) is 4.46. The van der Waals surface area contributed by atoms with Crippen molar-refractivity contribution in [3.8, 4) is 0 Å². The first-order valence-corrected chi connectivity index (χ1v) is 8.76. The minimum absolute atomic E-state index is 0.119. The van der Waals surface area contributed by atoms with E-state index in [0.717, 1.165) is 35.8 Å². The lowest BCUT2D eigenvalue weighted by atomic mass is 10.2. The number of hydrogen-bond acceptors (Lipinski definition) is 5. The molecule has 0 bridgehead atoms. The summed E-state index contributed by atoms with van der Waals surface area (Å²) >= 11 is 0. The fraction of sp³-hybridized carbons (Fsp3) is 0.300. The molecule has 3 heterocycles. The summed E-state index contributed by atoms with van der Waals surface area (Å²) in [6, 6.07) is 9.35. The maximum atomic E-state index is 13.2. The second kappa shape index (κ2) is 7.07. The summed E-state index contributed by atoms with van der Waals surface area (Å²) in [4.78, 5) is 28.2. The molecule has 0 saturated heterocycles. The lowest BCUT2D eigenvalue weighted by molar-refractivity contribution is 0.0713. The van der Waals surface area contributed by atoms with Crippen LogP contribution >= 0.6 is 0 Å². The third kappa shape index (κ3) is 3.64. The Morgan fingerprint density at radius 3 is 2.73 bits per heavy atom. The average molecular weight is 348 g/mol. The number of amides is 1. The first-order chi connectivity index (χ1) is 12.7. The molecule has 1 aliphatic carbocycles. The lowest BCUT2D eigenvalue weighted by Gasteiger charge is -2.22. The van der Waals surface area contributed by atoms with Gasteiger partial charge < -0.3 is 9.32 Å². The number of carbonyl (C=O) groups excluding carboxylic acids is 1.